The van der Waals surface area contributed by atoms with Crippen LogP contribution in [0.25, 0.3) is 6.08 Å². The average Bonchev–Trinajstić information content (AvgIpc) is 3.01. The highest BCUT2D eigenvalue weighted by Gasteiger charge is 2.30. The molecule has 3 nitrogen and oxygen atoms in total. The van der Waals surface area contributed by atoms with Crippen LogP contribution in [0.2, 0.25) is 0 Å². The van der Waals surface area contributed by atoms with E-state index < -0.39 is 11.7 Å². The molecule has 1 unspecified atom stereocenters. The zero-order chi connectivity index (χ0) is 16.0. The summed E-state index contributed by atoms with van der Waals surface area (Å²) in [4.78, 5) is 15.1. The summed E-state index contributed by atoms with van der Waals surface area (Å²) in [7, 11) is 0. The predicted molar refractivity (Wildman–Crippen MR) is 77.3 cm³/mol. The van der Waals surface area contributed by atoms with Crippen molar-refractivity contribution in [2.75, 3.05) is 6.61 Å². The Morgan fingerprint density at radius 2 is 2.18 bits per heavy atom. The fourth-order valence-corrected chi connectivity index (χ4v) is 2.52. The highest BCUT2D eigenvalue weighted by atomic mass is 32.1. The normalized spacial score (nSPS) is 13.2. The van der Waals surface area contributed by atoms with E-state index in [1.54, 1.807) is 29.9 Å². The van der Waals surface area contributed by atoms with Crippen LogP contribution in [-0.4, -0.2) is 18.1 Å². The lowest BCUT2D eigenvalue weighted by Crippen LogP contribution is -2.05. The van der Waals surface area contributed by atoms with Crippen LogP contribution in [0.4, 0.5) is 13.2 Å². The Morgan fingerprint density at radius 3 is 2.82 bits per heavy atom. The highest BCUT2D eigenvalue weighted by Crippen LogP contribution is 2.30. The Morgan fingerprint density at radius 1 is 1.36 bits per heavy atom. The van der Waals surface area contributed by atoms with Crippen LogP contribution in [0.1, 0.15) is 21.9 Å². The number of rotatable bonds is 6. The number of aromatic nitrogens is 1. The lowest BCUT2D eigenvalue weighted by atomic mass is 10.1. The van der Waals surface area contributed by atoms with Gasteiger partial charge < -0.3 is 4.74 Å². The number of carbonyl (C=O) groups is 1. The van der Waals surface area contributed by atoms with E-state index >= 15 is 0 Å². The first kappa shape index (κ1) is 16.2. The second-order valence-corrected chi connectivity index (χ2v) is 5.34. The average molecular weight is 327 g/mol. The van der Waals surface area contributed by atoms with Crippen LogP contribution >= 0.6 is 11.3 Å². The predicted octanol–water partition coefficient (Wildman–Crippen LogP) is 4.13. The van der Waals surface area contributed by atoms with Gasteiger partial charge in [-0.25, -0.2) is 0 Å². The molecule has 0 saturated heterocycles. The van der Waals surface area contributed by atoms with Gasteiger partial charge in [-0.1, -0.05) is 24.3 Å². The molecule has 22 heavy (non-hydrogen) atoms. The Hall–Kier alpha value is -2.15. The van der Waals surface area contributed by atoms with E-state index in [4.69, 9.17) is 4.74 Å². The standard InChI is InChI=1S/C15H12F3NO2S/c16-15(17,18)13-3-1-2-11(6-13)4-5-12(8-21-10-20)14-7-19-9-22-14/h1-7,9-10,12H,8H2/b5-4+. The summed E-state index contributed by atoms with van der Waals surface area (Å²) in [6.07, 6.45) is 0.543. The van der Waals surface area contributed by atoms with E-state index in [9.17, 15) is 18.0 Å². The summed E-state index contributed by atoms with van der Waals surface area (Å²) < 4.78 is 42.8. The third-order valence-electron chi connectivity index (χ3n) is 2.90. The monoisotopic (exact) mass is 327 g/mol. The van der Waals surface area contributed by atoms with Crippen molar-refractivity contribution in [2.45, 2.75) is 12.1 Å². The van der Waals surface area contributed by atoms with Crippen molar-refractivity contribution in [2.24, 2.45) is 0 Å². The third-order valence-corrected chi connectivity index (χ3v) is 3.80. The highest BCUT2D eigenvalue weighted by molar-refractivity contribution is 7.09. The van der Waals surface area contributed by atoms with Crippen molar-refractivity contribution in [1.29, 1.82) is 0 Å². The van der Waals surface area contributed by atoms with Crippen LogP contribution < -0.4 is 0 Å². The molecule has 2 aromatic rings. The first-order chi connectivity index (χ1) is 10.5. The van der Waals surface area contributed by atoms with Gasteiger partial charge in [0, 0.05) is 17.0 Å². The number of hydrogen-bond donors (Lipinski definition) is 0. The molecule has 0 radical (unpaired) electrons. The van der Waals surface area contributed by atoms with Crippen LogP contribution in [0.3, 0.4) is 0 Å². The number of carbonyl (C=O) groups excluding carboxylic acids is 1. The van der Waals surface area contributed by atoms with Crippen molar-refractivity contribution in [3.05, 3.63) is 58.1 Å². The number of alkyl halides is 3. The quantitative estimate of drug-likeness (QED) is 0.749. The number of halogens is 3. The Kier molecular flexibility index (Phi) is 5.32. The van der Waals surface area contributed by atoms with Crippen molar-refractivity contribution < 1.29 is 22.7 Å². The molecule has 0 spiro atoms. The minimum atomic E-state index is -4.37. The first-order valence-electron chi connectivity index (χ1n) is 6.30. The SMILES string of the molecule is O=COCC(/C=C/c1cccc(C(F)(F)F)c1)c1cncs1. The number of thiazole rings is 1. The molecule has 0 N–H and O–H groups in total. The van der Waals surface area contributed by atoms with Gasteiger partial charge in [-0.05, 0) is 17.7 Å². The molecule has 1 atom stereocenters. The van der Waals surface area contributed by atoms with E-state index in [2.05, 4.69) is 4.98 Å². The summed E-state index contributed by atoms with van der Waals surface area (Å²) in [5, 5.41) is 0. The van der Waals surface area contributed by atoms with Gasteiger partial charge in [-0.3, -0.25) is 9.78 Å². The van der Waals surface area contributed by atoms with Crippen molar-refractivity contribution >= 4 is 23.9 Å². The Labute approximate surface area is 129 Å². The molecule has 7 heteroatoms. The number of hydrogen-bond acceptors (Lipinski definition) is 4. The van der Waals surface area contributed by atoms with Crippen molar-refractivity contribution in [3.8, 4) is 0 Å². The number of benzene rings is 1. The molecule has 0 aliphatic carbocycles. The van der Waals surface area contributed by atoms with Crippen LogP contribution in [0, 0.1) is 0 Å². The van der Waals surface area contributed by atoms with E-state index in [1.807, 2.05) is 0 Å². The van der Waals surface area contributed by atoms with Gasteiger partial charge in [0.25, 0.3) is 6.47 Å². The summed E-state index contributed by atoms with van der Waals surface area (Å²) in [6.45, 7) is 0.452. The molecule has 2 rings (SSSR count). The maximum Gasteiger partial charge on any atom is 0.416 e. The van der Waals surface area contributed by atoms with Crippen LogP contribution in [0.15, 0.2) is 42.0 Å². The van der Waals surface area contributed by atoms with Crippen molar-refractivity contribution in [1.82, 2.24) is 4.98 Å². The second-order valence-electron chi connectivity index (χ2n) is 4.42. The molecule has 0 aliphatic rings. The third kappa shape index (κ3) is 4.42. The Balaban J connectivity index is 2.19. The summed E-state index contributed by atoms with van der Waals surface area (Å²) in [5.74, 6) is -0.243. The second kappa shape index (κ2) is 7.22. The fraction of sp³-hybridized carbons (Fsp3) is 0.200. The van der Waals surface area contributed by atoms with E-state index in [0.717, 1.165) is 17.0 Å². The smallest absolute Gasteiger partial charge is 0.416 e. The molecular formula is C15H12F3NO2S. The zero-order valence-electron chi connectivity index (χ0n) is 11.3. The zero-order valence-corrected chi connectivity index (χ0v) is 12.1. The molecule has 0 fully saturated rings. The topological polar surface area (TPSA) is 39.2 Å². The van der Waals surface area contributed by atoms with Gasteiger partial charge in [0.2, 0.25) is 0 Å². The van der Waals surface area contributed by atoms with Crippen LogP contribution in [0.5, 0.6) is 0 Å². The molecule has 0 aliphatic heterocycles. The number of ether oxygens (including phenoxy) is 1. The molecule has 1 aromatic heterocycles. The van der Waals surface area contributed by atoms with E-state index in [-0.39, 0.29) is 12.5 Å². The summed E-state index contributed by atoms with van der Waals surface area (Å²) in [5.41, 5.74) is 1.37. The maximum atomic E-state index is 12.7. The Bertz CT molecular complexity index is 638. The summed E-state index contributed by atoms with van der Waals surface area (Å²) >= 11 is 1.39. The maximum absolute atomic E-state index is 12.7. The first-order valence-corrected chi connectivity index (χ1v) is 7.18. The molecule has 0 bridgehead atoms. The molecule has 1 heterocycles. The molecule has 1 aromatic carbocycles. The van der Waals surface area contributed by atoms with Gasteiger partial charge in [-0.2, -0.15) is 13.2 Å². The van der Waals surface area contributed by atoms with Gasteiger partial charge in [0.05, 0.1) is 11.1 Å². The van der Waals surface area contributed by atoms with E-state index in [0.29, 0.717) is 12.0 Å². The minimum Gasteiger partial charge on any atom is -0.467 e. The van der Waals surface area contributed by atoms with E-state index in [1.165, 1.54) is 17.4 Å². The lowest BCUT2D eigenvalue weighted by Gasteiger charge is -2.09. The van der Waals surface area contributed by atoms with Crippen molar-refractivity contribution in [3.63, 3.8) is 0 Å². The lowest BCUT2D eigenvalue weighted by molar-refractivity contribution is -0.137. The van der Waals surface area contributed by atoms with Gasteiger partial charge in [0.1, 0.15) is 6.61 Å². The molecule has 0 saturated carbocycles. The van der Waals surface area contributed by atoms with Crippen LogP contribution in [-0.2, 0) is 15.7 Å². The fourth-order valence-electron chi connectivity index (χ4n) is 1.83. The molecular weight excluding hydrogens is 315 g/mol. The molecule has 116 valence electrons. The minimum absolute atomic E-state index is 0.112. The van der Waals surface area contributed by atoms with Gasteiger partial charge in [-0.15, -0.1) is 11.3 Å². The van der Waals surface area contributed by atoms with Gasteiger partial charge in [0.15, 0.2) is 0 Å². The summed E-state index contributed by atoms with van der Waals surface area (Å²) in [6, 6.07) is 5.02. The molecule has 0 amide bonds. The number of nitrogens with zero attached hydrogens (tertiary/aromatic N) is 1. The van der Waals surface area contributed by atoms with Gasteiger partial charge >= 0.3 is 6.18 Å². The largest absolute Gasteiger partial charge is 0.467 e.